The van der Waals surface area contributed by atoms with E-state index in [1.807, 2.05) is 13.8 Å². The first kappa shape index (κ1) is 14.7. The van der Waals surface area contributed by atoms with Crippen molar-refractivity contribution in [3.05, 3.63) is 16.0 Å². The smallest absolute Gasteiger partial charge is 0.228 e. The van der Waals surface area contributed by atoms with Crippen LogP contribution < -0.4 is 5.32 Å². The van der Waals surface area contributed by atoms with Gasteiger partial charge in [0.15, 0.2) is 0 Å². The fourth-order valence-corrected chi connectivity index (χ4v) is 2.83. The van der Waals surface area contributed by atoms with E-state index in [2.05, 4.69) is 11.4 Å². The number of nitrogens with zero attached hydrogens (tertiary/aromatic N) is 1. The monoisotopic (exact) mass is 266 g/mol. The summed E-state index contributed by atoms with van der Waals surface area (Å²) in [5, 5.41) is 21.6. The van der Waals surface area contributed by atoms with Gasteiger partial charge in [0.2, 0.25) is 5.91 Å². The normalized spacial score (nSPS) is 10.4. The number of anilines is 1. The second-order valence-corrected chi connectivity index (χ2v) is 5.23. The average molecular weight is 266 g/mol. The quantitative estimate of drug-likeness (QED) is 0.860. The Morgan fingerprint density at radius 2 is 2.11 bits per heavy atom. The second kappa shape index (κ2) is 6.53. The van der Waals surface area contributed by atoms with Crippen LogP contribution >= 0.6 is 11.3 Å². The van der Waals surface area contributed by atoms with Crippen molar-refractivity contribution in [2.24, 2.45) is 5.92 Å². The fraction of sp³-hybridized carbons (Fsp3) is 0.538. The van der Waals surface area contributed by atoms with Gasteiger partial charge in [-0.1, -0.05) is 13.8 Å². The number of amides is 1. The van der Waals surface area contributed by atoms with Crippen LogP contribution in [0.2, 0.25) is 0 Å². The van der Waals surface area contributed by atoms with Crippen LogP contribution in [0.4, 0.5) is 5.00 Å². The van der Waals surface area contributed by atoms with Crippen molar-refractivity contribution in [1.82, 2.24) is 0 Å². The van der Waals surface area contributed by atoms with Crippen molar-refractivity contribution in [3.8, 4) is 6.07 Å². The third-order valence-corrected chi connectivity index (χ3v) is 4.29. The molecule has 0 aliphatic rings. The van der Waals surface area contributed by atoms with Crippen LogP contribution in [0.1, 0.15) is 42.7 Å². The highest BCUT2D eigenvalue weighted by molar-refractivity contribution is 7.16. The molecule has 0 radical (unpaired) electrons. The third kappa shape index (κ3) is 2.89. The summed E-state index contributed by atoms with van der Waals surface area (Å²) in [5.74, 6) is -0.0845. The minimum Gasteiger partial charge on any atom is -0.391 e. The maximum Gasteiger partial charge on any atom is 0.228 e. The molecule has 1 amide bonds. The summed E-state index contributed by atoms with van der Waals surface area (Å²) in [5.41, 5.74) is 1.22. The Hall–Kier alpha value is -1.38. The van der Waals surface area contributed by atoms with Gasteiger partial charge in [-0.2, -0.15) is 5.26 Å². The molecule has 0 saturated carbocycles. The molecule has 0 saturated heterocycles. The molecular weight excluding hydrogens is 248 g/mol. The van der Waals surface area contributed by atoms with Gasteiger partial charge in [-0.25, -0.2) is 0 Å². The minimum atomic E-state index is -0.105. The molecule has 0 aliphatic heterocycles. The Balaban J connectivity index is 2.98. The van der Waals surface area contributed by atoms with Gasteiger partial charge in [0, 0.05) is 10.8 Å². The number of nitrogens with one attached hydrogen (secondary N) is 1. The molecule has 0 aliphatic carbocycles. The molecule has 0 atom stereocenters. The molecule has 18 heavy (non-hydrogen) atoms. The molecule has 0 bridgehead atoms. The van der Waals surface area contributed by atoms with E-state index in [1.54, 1.807) is 6.92 Å². The van der Waals surface area contributed by atoms with Crippen LogP contribution in [-0.4, -0.2) is 11.0 Å². The molecule has 0 spiro atoms. The lowest BCUT2D eigenvalue weighted by Gasteiger charge is -2.11. The van der Waals surface area contributed by atoms with Crippen molar-refractivity contribution >= 4 is 22.2 Å². The lowest BCUT2D eigenvalue weighted by molar-refractivity contribution is -0.120. The van der Waals surface area contributed by atoms with E-state index in [-0.39, 0.29) is 18.4 Å². The van der Waals surface area contributed by atoms with E-state index in [9.17, 15) is 9.90 Å². The molecule has 1 heterocycles. The molecular formula is C13H18N2O2S. The van der Waals surface area contributed by atoms with Gasteiger partial charge in [0.05, 0.1) is 12.2 Å². The summed E-state index contributed by atoms with van der Waals surface area (Å²) in [6.45, 7) is 5.62. The largest absolute Gasteiger partial charge is 0.391 e. The van der Waals surface area contributed by atoms with Crippen LogP contribution in [0.5, 0.6) is 0 Å². The highest BCUT2D eigenvalue weighted by Gasteiger charge is 2.19. The zero-order valence-electron chi connectivity index (χ0n) is 10.9. The number of hydrogen-bond donors (Lipinski definition) is 2. The van der Waals surface area contributed by atoms with Crippen LogP contribution in [-0.2, 0) is 11.4 Å². The van der Waals surface area contributed by atoms with Crippen LogP contribution in [0.3, 0.4) is 0 Å². The van der Waals surface area contributed by atoms with E-state index in [0.29, 0.717) is 10.6 Å². The van der Waals surface area contributed by atoms with E-state index >= 15 is 0 Å². The summed E-state index contributed by atoms with van der Waals surface area (Å²) in [7, 11) is 0. The first-order valence-corrected chi connectivity index (χ1v) is 6.84. The summed E-state index contributed by atoms with van der Waals surface area (Å²) >= 11 is 1.27. The average Bonchev–Trinajstić information content (AvgIpc) is 2.66. The zero-order valence-corrected chi connectivity index (χ0v) is 11.7. The highest BCUT2D eigenvalue weighted by atomic mass is 32.1. The van der Waals surface area contributed by atoms with E-state index in [4.69, 9.17) is 5.26 Å². The first-order chi connectivity index (χ1) is 8.58. The maximum absolute atomic E-state index is 12.0. The summed E-state index contributed by atoms with van der Waals surface area (Å²) in [6, 6.07) is 2.08. The lowest BCUT2D eigenvalue weighted by Crippen LogP contribution is -2.21. The molecule has 0 aromatic carbocycles. The van der Waals surface area contributed by atoms with E-state index in [0.717, 1.165) is 23.3 Å². The predicted molar refractivity (Wildman–Crippen MR) is 72.4 cm³/mol. The van der Waals surface area contributed by atoms with Crippen molar-refractivity contribution in [1.29, 1.82) is 5.26 Å². The van der Waals surface area contributed by atoms with Gasteiger partial charge >= 0.3 is 0 Å². The number of hydrogen-bond acceptors (Lipinski definition) is 4. The van der Waals surface area contributed by atoms with Crippen LogP contribution in [0.15, 0.2) is 0 Å². The molecule has 4 nitrogen and oxygen atoms in total. The molecule has 5 heteroatoms. The van der Waals surface area contributed by atoms with Gasteiger partial charge in [0.25, 0.3) is 0 Å². The van der Waals surface area contributed by atoms with Crippen molar-refractivity contribution < 1.29 is 9.90 Å². The third-order valence-electron chi connectivity index (χ3n) is 3.09. The number of carbonyl (C=O) groups excluding carboxylic acids is 1. The molecule has 1 rings (SSSR count). The molecule has 2 N–H and O–H groups in total. The Kier molecular flexibility index (Phi) is 5.32. The Bertz CT molecular complexity index is 470. The van der Waals surface area contributed by atoms with E-state index in [1.165, 1.54) is 11.3 Å². The molecule has 1 aromatic heterocycles. The van der Waals surface area contributed by atoms with Gasteiger partial charge < -0.3 is 10.4 Å². The topological polar surface area (TPSA) is 73.1 Å². The summed E-state index contributed by atoms with van der Waals surface area (Å²) < 4.78 is 0. The number of thiophene rings is 1. The van der Waals surface area contributed by atoms with Gasteiger partial charge in [0.1, 0.15) is 11.1 Å². The van der Waals surface area contributed by atoms with Crippen LogP contribution in [0.25, 0.3) is 0 Å². The number of rotatable bonds is 5. The lowest BCUT2D eigenvalue weighted by atomic mass is 10.0. The number of aliphatic hydroxyl groups is 1. The zero-order chi connectivity index (χ0) is 13.7. The molecule has 0 fully saturated rings. The fourth-order valence-electron chi connectivity index (χ4n) is 1.81. The van der Waals surface area contributed by atoms with Gasteiger partial charge in [-0.15, -0.1) is 11.3 Å². The first-order valence-electron chi connectivity index (χ1n) is 6.03. The number of carbonyl (C=O) groups is 1. The molecule has 98 valence electrons. The van der Waals surface area contributed by atoms with Gasteiger partial charge in [-0.05, 0) is 25.3 Å². The van der Waals surface area contributed by atoms with Crippen molar-refractivity contribution in [2.75, 3.05) is 5.32 Å². The SMILES string of the molecule is CCC(CC)C(=O)Nc1sc(CO)c(C)c1C#N. The van der Waals surface area contributed by atoms with Crippen LogP contribution in [0, 0.1) is 24.2 Å². The second-order valence-electron chi connectivity index (χ2n) is 4.13. The molecule has 1 aromatic rings. The van der Waals surface area contributed by atoms with Gasteiger partial charge in [-0.3, -0.25) is 4.79 Å². The standard InChI is InChI=1S/C13H18N2O2S/c1-4-9(5-2)12(17)15-13-10(6-14)8(3)11(7-16)18-13/h9,16H,4-5,7H2,1-3H3,(H,15,17). The molecule has 0 unspecified atom stereocenters. The maximum atomic E-state index is 12.0. The predicted octanol–water partition coefficient (Wildman–Crippen LogP) is 2.80. The Morgan fingerprint density at radius 1 is 1.50 bits per heavy atom. The number of aliphatic hydroxyl groups excluding tert-OH is 1. The Labute approximate surface area is 111 Å². The highest BCUT2D eigenvalue weighted by Crippen LogP contribution is 2.32. The van der Waals surface area contributed by atoms with E-state index < -0.39 is 0 Å². The van der Waals surface area contributed by atoms with Crippen molar-refractivity contribution in [2.45, 2.75) is 40.2 Å². The van der Waals surface area contributed by atoms with Crippen molar-refractivity contribution in [3.63, 3.8) is 0 Å². The minimum absolute atomic E-state index is 0.0310. The summed E-state index contributed by atoms with van der Waals surface area (Å²) in [4.78, 5) is 12.7. The summed E-state index contributed by atoms with van der Waals surface area (Å²) in [6.07, 6.45) is 1.56. The Morgan fingerprint density at radius 3 is 2.56 bits per heavy atom. The number of nitriles is 1.